The number of piperidine rings is 1. The van der Waals surface area contributed by atoms with Crippen molar-refractivity contribution in [1.82, 2.24) is 34.8 Å². The molecule has 4 heterocycles. The molecule has 148 valence electrons. The maximum Gasteiger partial charge on any atom is 0.407 e. The first-order chi connectivity index (χ1) is 13.5. The molecule has 1 atom stereocenters. The van der Waals surface area contributed by atoms with Crippen molar-refractivity contribution in [2.75, 3.05) is 18.4 Å². The Labute approximate surface area is 164 Å². The van der Waals surface area contributed by atoms with Gasteiger partial charge in [-0.25, -0.2) is 4.79 Å². The van der Waals surface area contributed by atoms with Gasteiger partial charge in [-0.2, -0.15) is 20.2 Å². The van der Waals surface area contributed by atoms with Crippen molar-refractivity contribution in [3.05, 3.63) is 17.5 Å². The highest BCUT2D eigenvalue weighted by molar-refractivity contribution is 6.34. The molecule has 0 spiro atoms. The average Bonchev–Trinajstić information content (AvgIpc) is 3.28. The summed E-state index contributed by atoms with van der Waals surface area (Å²) in [5, 5.41) is 24.0. The van der Waals surface area contributed by atoms with Gasteiger partial charge < -0.3 is 20.1 Å². The second-order valence-electron chi connectivity index (χ2n) is 6.41. The fourth-order valence-corrected chi connectivity index (χ4v) is 3.30. The molecule has 11 nitrogen and oxygen atoms in total. The van der Waals surface area contributed by atoms with E-state index < -0.39 is 6.09 Å². The molecule has 1 amide bonds. The molecule has 1 aliphatic heterocycles. The van der Waals surface area contributed by atoms with Gasteiger partial charge in [0.25, 0.3) is 0 Å². The molecule has 28 heavy (non-hydrogen) atoms. The molecule has 0 radical (unpaired) electrons. The van der Waals surface area contributed by atoms with Crippen molar-refractivity contribution in [2.24, 2.45) is 0 Å². The molecule has 1 unspecified atom stereocenters. The molecule has 0 bridgehead atoms. The average molecular weight is 407 g/mol. The predicted molar refractivity (Wildman–Crippen MR) is 101 cm³/mol. The lowest BCUT2D eigenvalue weighted by Crippen LogP contribution is -2.43. The van der Waals surface area contributed by atoms with E-state index in [2.05, 4.69) is 30.6 Å². The van der Waals surface area contributed by atoms with Crippen LogP contribution in [-0.4, -0.2) is 65.2 Å². The second kappa shape index (κ2) is 7.50. The van der Waals surface area contributed by atoms with Crippen molar-refractivity contribution in [3.8, 4) is 5.88 Å². The van der Waals surface area contributed by atoms with Crippen LogP contribution < -0.4 is 10.1 Å². The lowest BCUT2D eigenvalue weighted by atomic mass is 10.1. The lowest BCUT2D eigenvalue weighted by molar-refractivity contribution is 0.0777. The minimum absolute atomic E-state index is 0.256. The molecule has 1 aliphatic rings. The summed E-state index contributed by atoms with van der Waals surface area (Å²) in [4.78, 5) is 21.4. The fourth-order valence-electron chi connectivity index (χ4n) is 3.10. The number of rotatable bonds is 5. The number of hydrogen-bond acceptors (Lipinski definition) is 7. The summed E-state index contributed by atoms with van der Waals surface area (Å²) >= 11 is 6.19. The second-order valence-corrected chi connectivity index (χ2v) is 6.79. The molecule has 3 aromatic heterocycles. The standard InChI is InChI=1S/C16H19ClN8O3/c1-2-25-7-9(6-18-25)19-15-20-13-11(12(17)22-23-13)14(21-15)28-10-4-3-5-24(8-10)16(26)27/h6-7,10H,2-5,8H2,1H3,(H,26,27)(H2,19,20,21,22,23). The minimum Gasteiger partial charge on any atom is -0.472 e. The van der Waals surface area contributed by atoms with Crippen LogP contribution in [0.25, 0.3) is 11.0 Å². The summed E-state index contributed by atoms with van der Waals surface area (Å²) in [7, 11) is 0. The van der Waals surface area contributed by atoms with Gasteiger partial charge in [0, 0.05) is 19.3 Å². The van der Waals surface area contributed by atoms with Crippen LogP contribution in [0.3, 0.4) is 0 Å². The molecule has 0 saturated carbocycles. The van der Waals surface area contributed by atoms with Gasteiger partial charge in [0.2, 0.25) is 11.8 Å². The Morgan fingerprint density at radius 1 is 1.50 bits per heavy atom. The normalized spacial score (nSPS) is 17.1. The number of aryl methyl sites for hydroxylation is 1. The lowest BCUT2D eigenvalue weighted by Gasteiger charge is -2.30. The van der Waals surface area contributed by atoms with Crippen LogP contribution in [0, 0.1) is 0 Å². The first-order valence-corrected chi connectivity index (χ1v) is 9.27. The van der Waals surface area contributed by atoms with Crippen LogP contribution >= 0.6 is 11.6 Å². The number of likely N-dealkylation sites (tertiary alicyclic amines) is 1. The van der Waals surface area contributed by atoms with Gasteiger partial charge in [0.1, 0.15) is 16.6 Å². The molecular formula is C16H19ClN8O3. The maximum atomic E-state index is 11.3. The molecule has 3 aromatic rings. The van der Waals surface area contributed by atoms with Crippen molar-refractivity contribution >= 4 is 40.4 Å². The molecule has 0 aromatic carbocycles. The Bertz CT molecular complexity index is 1000. The summed E-state index contributed by atoms with van der Waals surface area (Å²) in [6.07, 6.45) is 3.64. The summed E-state index contributed by atoms with van der Waals surface area (Å²) in [5.41, 5.74) is 1.08. The minimum atomic E-state index is -0.960. The number of aromatic amines is 1. The number of nitrogens with zero attached hydrogens (tertiary/aromatic N) is 6. The van der Waals surface area contributed by atoms with Crippen LogP contribution in [0.15, 0.2) is 12.4 Å². The van der Waals surface area contributed by atoms with E-state index in [1.165, 1.54) is 4.90 Å². The van der Waals surface area contributed by atoms with Gasteiger partial charge in [-0.05, 0) is 19.8 Å². The Hall–Kier alpha value is -3.08. The molecule has 12 heteroatoms. The van der Waals surface area contributed by atoms with Gasteiger partial charge in [-0.1, -0.05) is 11.6 Å². The number of hydrogen-bond donors (Lipinski definition) is 3. The molecule has 1 saturated heterocycles. The monoisotopic (exact) mass is 406 g/mol. The summed E-state index contributed by atoms with van der Waals surface area (Å²) in [6.45, 7) is 3.49. The number of anilines is 2. The van der Waals surface area contributed by atoms with Crippen LogP contribution in [0.5, 0.6) is 5.88 Å². The smallest absolute Gasteiger partial charge is 0.407 e. The number of aromatic nitrogens is 6. The Balaban J connectivity index is 1.62. The first-order valence-electron chi connectivity index (χ1n) is 8.89. The van der Waals surface area contributed by atoms with Crippen molar-refractivity contribution in [3.63, 3.8) is 0 Å². The highest BCUT2D eigenvalue weighted by atomic mass is 35.5. The molecule has 3 N–H and O–H groups in total. The van der Waals surface area contributed by atoms with Crippen LogP contribution in [0.1, 0.15) is 19.8 Å². The molecule has 1 fully saturated rings. The Morgan fingerprint density at radius 2 is 2.36 bits per heavy atom. The van der Waals surface area contributed by atoms with Crippen molar-refractivity contribution in [2.45, 2.75) is 32.4 Å². The number of amides is 1. The third-order valence-corrected chi connectivity index (χ3v) is 4.75. The first kappa shape index (κ1) is 18.3. The summed E-state index contributed by atoms with van der Waals surface area (Å²) < 4.78 is 7.80. The van der Waals surface area contributed by atoms with Gasteiger partial charge in [-0.3, -0.25) is 9.78 Å². The van der Waals surface area contributed by atoms with E-state index in [0.29, 0.717) is 24.0 Å². The Morgan fingerprint density at radius 3 is 3.11 bits per heavy atom. The number of carbonyl (C=O) groups is 1. The number of nitrogens with one attached hydrogen (secondary N) is 2. The van der Waals surface area contributed by atoms with E-state index in [9.17, 15) is 9.90 Å². The number of halogens is 1. The molecule has 4 rings (SSSR count). The van der Waals surface area contributed by atoms with Crippen LogP contribution in [0.4, 0.5) is 16.4 Å². The third-order valence-electron chi connectivity index (χ3n) is 4.48. The van der Waals surface area contributed by atoms with Gasteiger partial charge in [-0.15, -0.1) is 0 Å². The van der Waals surface area contributed by atoms with E-state index in [1.807, 2.05) is 13.1 Å². The van der Waals surface area contributed by atoms with E-state index in [0.717, 1.165) is 18.7 Å². The molecule has 0 aliphatic carbocycles. The zero-order valence-corrected chi connectivity index (χ0v) is 15.8. The van der Waals surface area contributed by atoms with Gasteiger partial charge in [0.05, 0.1) is 18.4 Å². The highest BCUT2D eigenvalue weighted by Crippen LogP contribution is 2.31. The highest BCUT2D eigenvalue weighted by Gasteiger charge is 2.26. The maximum absolute atomic E-state index is 11.3. The molecular weight excluding hydrogens is 388 g/mol. The van der Waals surface area contributed by atoms with Crippen molar-refractivity contribution < 1.29 is 14.6 Å². The third kappa shape index (κ3) is 3.65. The van der Waals surface area contributed by atoms with E-state index in [1.54, 1.807) is 10.9 Å². The zero-order valence-electron chi connectivity index (χ0n) is 15.1. The topological polar surface area (TPSA) is 134 Å². The van der Waals surface area contributed by atoms with E-state index in [-0.39, 0.29) is 29.6 Å². The number of H-pyrrole nitrogens is 1. The number of carboxylic acid groups (broad SMARTS) is 1. The van der Waals surface area contributed by atoms with Gasteiger partial charge >= 0.3 is 6.09 Å². The van der Waals surface area contributed by atoms with E-state index >= 15 is 0 Å². The largest absolute Gasteiger partial charge is 0.472 e. The van der Waals surface area contributed by atoms with Crippen LogP contribution in [0.2, 0.25) is 5.15 Å². The fraction of sp³-hybridized carbons (Fsp3) is 0.438. The zero-order chi connectivity index (χ0) is 19.7. The predicted octanol–water partition coefficient (Wildman–Crippen LogP) is 2.49. The van der Waals surface area contributed by atoms with E-state index in [4.69, 9.17) is 16.3 Å². The van der Waals surface area contributed by atoms with Crippen LogP contribution in [-0.2, 0) is 6.54 Å². The number of fused-ring (bicyclic) bond motifs is 1. The SMILES string of the molecule is CCn1cc(Nc2nc(OC3CCCN(C(=O)O)C3)c3c(Cl)[nH]nc3n2)cn1. The summed E-state index contributed by atoms with van der Waals surface area (Å²) in [5.74, 6) is 0.540. The van der Waals surface area contributed by atoms with Gasteiger partial charge in [0.15, 0.2) is 5.65 Å². The summed E-state index contributed by atoms with van der Waals surface area (Å²) in [6, 6.07) is 0. The quantitative estimate of drug-likeness (QED) is 0.588. The van der Waals surface area contributed by atoms with Crippen molar-refractivity contribution in [1.29, 1.82) is 0 Å². The number of ether oxygens (including phenoxy) is 1. The Kier molecular flexibility index (Phi) is 4.90.